The van der Waals surface area contributed by atoms with Crippen LogP contribution < -0.4 is 0 Å². The van der Waals surface area contributed by atoms with E-state index in [0.717, 1.165) is 19.3 Å². The third kappa shape index (κ3) is 2.34. The first-order chi connectivity index (χ1) is 5.74. The highest BCUT2D eigenvalue weighted by Crippen LogP contribution is 2.29. The van der Waals surface area contributed by atoms with E-state index in [-0.39, 0.29) is 18.1 Å². The summed E-state index contributed by atoms with van der Waals surface area (Å²) in [5.41, 5.74) is 0. The van der Waals surface area contributed by atoms with Crippen molar-refractivity contribution in [2.75, 3.05) is 0 Å². The summed E-state index contributed by atoms with van der Waals surface area (Å²) in [4.78, 5) is 11.3. The summed E-state index contributed by atoms with van der Waals surface area (Å²) in [6.07, 6.45) is 4.52. The summed E-state index contributed by atoms with van der Waals surface area (Å²) in [6, 6.07) is 1.93. The van der Waals surface area contributed by atoms with Crippen molar-refractivity contribution in [3.63, 3.8) is 0 Å². The van der Waals surface area contributed by atoms with Crippen LogP contribution in [0, 0.1) is 23.2 Å². The normalized spacial score (nSPS) is 29.3. The van der Waals surface area contributed by atoms with Gasteiger partial charge < -0.3 is 0 Å². The fraction of sp³-hybridized carbons (Fsp3) is 0.800. The predicted octanol–water partition coefficient (Wildman–Crippen LogP) is 2.30. The first kappa shape index (κ1) is 9.25. The van der Waals surface area contributed by atoms with Crippen LogP contribution in [0.4, 0.5) is 0 Å². The number of nitrogens with zero attached hydrogens (tertiary/aromatic N) is 1. The van der Waals surface area contributed by atoms with E-state index in [0.29, 0.717) is 5.92 Å². The molecule has 0 radical (unpaired) electrons. The molecule has 0 heterocycles. The van der Waals surface area contributed by atoms with Gasteiger partial charge in [-0.15, -0.1) is 0 Å². The number of carbonyl (C=O) groups is 1. The second-order valence-corrected chi connectivity index (χ2v) is 3.77. The average Bonchev–Trinajstić information content (AvgIpc) is 2.05. The molecule has 0 amide bonds. The summed E-state index contributed by atoms with van der Waals surface area (Å²) < 4.78 is 0. The third-order valence-corrected chi connectivity index (χ3v) is 2.65. The quantitative estimate of drug-likeness (QED) is 0.630. The number of rotatable bonds is 2. The van der Waals surface area contributed by atoms with Crippen molar-refractivity contribution in [2.45, 2.75) is 39.0 Å². The third-order valence-electron chi connectivity index (χ3n) is 2.65. The maximum absolute atomic E-state index is 11.3. The highest BCUT2D eigenvalue weighted by atomic mass is 16.1. The second kappa shape index (κ2) is 4.25. The molecule has 1 rings (SSSR count). The maximum Gasteiger partial charge on any atom is 0.149 e. The summed E-state index contributed by atoms with van der Waals surface area (Å²) >= 11 is 0. The fourth-order valence-electron chi connectivity index (χ4n) is 1.95. The Morgan fingerprint density at radius 2 is 2.33 bits per heavy atom. The van der Waals surface area contributed by atoms with E-state index in [9.17, 15) is 4.79 Å². The van der Waals surface area contributed by atoms with Gasteiger partial charge in [-0.25, -0.2) is 0 Å². The van der Waals surface area contributed by atoms with Gasteiger partial charge in [-0.2, -0.15) is 5.26 Å². The number of hydrogen-bond acceptors (Lipinski definition) is 2. The molecule has 0 N–H and O–H groups in total. The van der Waals surface area contributed by atoms with E-state index in [1.54, 1.807) is 0 Å². The lowest BCUT2D eigenvalue weighted by Gasteiger charge is -2.24. The Kier molecular flexibility index (Phi) is 3.28. The Balaban J connectivity index is 2.41. The number of carbonyl (C=O) groups excluding carboxylic acids is 1. The fourth-order valence-corrected chi connectivity index (χ4v) is 1.95. The van der Waals surface area contributed by atoms with E-state index in [1.165, 1.54) is 6.42 Å². The van der Waals surface area contributed by atoms with Crippen molar-refractivity contribution in [2.24, 2.45) is 11.8 Å². The molecule has 0 saturated heterocycles. The van der Waals surface area contributed by atoms with Crippen molar-refractivity contribution in [3.05, 3.63) is 0 Å². The summed E-state index contributed by atoms with van der Waals surface area (Å²) in [6.45, 7) is 2.19. The Hall–Kier alpha value is -0.840. The topological polar surface area (TPSA) is 40.9 Å². The van der Waals surface area contributed by atoms with Crippen LogP contribution in [0.15, 0.2) is 0 Å². The van der Waals surface area contributed by atoms with E-state index in [4.69, 9.17) is 5.26 Å². The molecule has 1 aliphatic rings. The van der Waals surface area contributed by atoms with Crippen molar-refractivity contribution >= 4 is 5.78 Å². The van der Waals surface area contributed by atoms with Gasteiger partial charge >= 0.3 is 0 Å². The van der Waals surface area contributed by atoms with Crippen LogP contribution in [-0.4, -0.2) is 5.78 Å². The van der Waals surface area contributed by atoms with Gasteiger partial charge in [-0.1, -0.05) is 19.8 Å². The molecule has 2 atom stereocenters. The van der Waals surface area contributed by atoms with Gasteiger partial charge in [0.2, 0.25) is 0 Å². The molecular weight excluding hydrogens is 150 g/mol. The zero-order valence-corrected chi connectivity index (χ0v) is 7.55. The van der Waals surface area contributed by atoms with Crippen LogP contribution in [0.5, 0.6) is 0 Å². The molecule has 0 spiro atoms. The first-order valence-electron chi connectivity index (χ1n) is 4.63. The van der Waals surface area contributed by atoms with E-state index in [2.05, 4.69) is 6.92 Å². The Morgan fingerprint density at radius 3 is 2.92 bits per heavy atom. The SMILES string of the molecule is CC1CCCC(C(=O)CC#N)C1. The molecule has 0 aromatic heterocycles. The van der Waals surface area contributed by atoms with Crippen LogP contribution in [0.2, 0.25) is 0 Å². The monoisotopic (exact) mass is 165 g/mol. The molecule has 1 fully saturated rings. The minimum Gasteiger partial charge on any atom is -0.298 e. The molecule has 2 unspecified atom stereocenters. The second-order valence-electron chi connectivity index (χ2n) is 3.77. The van der Waals surface area contributed by atoms with Crippen molar-refractivity contribution in [1.82, 2.24) is 0 Å². The Labute approximate surface area is 73.6 Å². The van der Waals surface area contributed by atoms with Gasteiger partial charge in [-0.05, 0) is 18.8 Å². The van der Waals surface area contributed by atoms with Crippen LogP contribution in [0.1, 0.15) is 39.0 Å². The largest absolute Gasteiger partial charge is 0.298 e. The Morgan fingerprint density at radius 1 is 1.58 bits per heavy atom. The lowest BCUT2D eigenvalue weighted by Crippen LogP contribution is -2.21. The molecule has 0 aliphatic heterocycles. The average molecular weight is 165 g/mol. The number of nitriles is 1. The van der Waals surface area contributed by atoms with Crippen molar-refractivity contribution in [1.29, 1.82) is 5.26 Å². The van der Waals surface area contributed by atoms with Gasteiger partial charge in [0.05, 0.1) is 12.5 Å². The van der Waals surface area contributed by atoms with E-state index < -0.39 is 0 Å². The minimum atomic E-state index is 0.109. The minimum absolute atomic E-state index is 0.109. The summed E-state index contributed by atoms with van der Waals surface area (Å²) in [7, 11) is 0. The summed E-state index contributed by atoms with van der Waals surface area (Å²) in [5.74, 6) is 1.02. The zero-order chi connectivity index (χ0) is 8.97. The molecule has 66 valence electrons. The standard InChI is InChI=1S/C10H15NO/c1-8-3-2-4-9(7-8)10(12)5-6-11/h8-9H,2-5,7H2,1H3. The molecular formula is C10H15NO. The zero-order valence-electron chi connectivity index (χ0n) is 7.55. The number of hydrogen-bond donors (Lipinski definition) is 0. The van der Waals surface area contributed by atoms with Crippen molar-refractivity contribution < 1.29 is 4.79 Å². The summed E-state index contributed by atoms with van der Waals surface area (Å²) in [5, 5.41) is 8.36. The highest BCUT2D eigenvalue weighted by Gasteiger charge is 2.24. The molecule has 0 aromatic rings. The lowest BCUT2D eigenvalue weighted by atomic mass is 9.80. The van der Waals surface area contributed by atoms with Crippen LogP contribution >= 0.6 is 0 Å². The molecule has 0 aromatic carbocycles. The molecule has 0 bridgehead atoms. The predicted molar refractivity (Wildman–Crippen MR) is 46.4 cm³/mol. The van der Waals surface area contributed by atoms with Crippen LogP contribution in [0.25, 0.3) is 0 Å². The van der Waals surface area contributed by atoms with Crippen molar-refractivity contribution in [3.8, 4) is 6.07 Å². The van der Waals surface area contributed by atoms with E-state index >= 15 is 0 Å². The van der Waals surface area contributed by atoms with Gasteiger partial charge in [0.15, 0.2) is 0 Å². The van der Waals surface area contributed by atoms with Crippen LogP contribution in [0.3, 0.4) is 0 Å². The molecule has 2 nitrogen and oxygen atoms in total. The van der Waals surface area contributed by atoms with Gasteiger partial charge in [0.25, 0.3) is 0 Å². The molecule has 2 heteroatoms. The van der Waals surface area contributed by atoms with Gasteiger partial charge in [0, 0.05) is 5.92 Å². The lowest BCUT2D eigenvalue weighted by molar-refractivity contribution is -0.123. The first-order valence-corrected chi connectivity index (χ1v) is 4.63. The number of ketones is 1. The van der Waals surface area contributed by atoms with Gasteiger partial charge in [0.1, 0.15) is 5.78 Å². The molecule has 1 saturated carbocycles. The smallest absolute Gasteiger partial charge is 0.149 e. The Bertz CT molecular complexity index is 204. The number of Topliss-reactive ketones (excluding diaryl/α,β-unsaturated/α-hetero) is 1. The molecule has 1 aliphatic carbocycles. The van der Waals surface area contributed by atoms with E-state index in [1.807, 2.05) is 6.07 Å². The highest BCUT2D eigenvalue weighted by molar-refractivity contribution is 5.82. The van der Waals surface area contributed by atoms with Gasteiger partial charge in [-0.3, -0.25) is 4.79 Å². The molecule has 12 heavy (non-hydrogen) atoms. The van der Waals surface area contributed by atoms with Crippen LogP contribution in [-0.2, 0) is 4.79 Å². The maximum atomic E-state index is 11.3.